The number of benzene rings is 1. The first-order valence-corrected chi connectivity index (χ1v) is 19.1. The second-order valence-corrected chi connectivity index (χ2v) is 16.2. The zero-order valence-electron chi connectivity index (χ0n) is 35.6. The summed E-state index contributed by atoms with van der Waals surface area (Å²) in [6, 6.07) is 3.59. The predicted octanol–water partition coefficient (Wildman–Crippen LogP) is 2.45. The number of rotatable bonds is 18. The molecule has 0 aromatic heterocycles. The van der Waals surface area contributed by atoms with Gasteiger partial charge < -0.3 is 39.8 Å². The molecule has 4 N–H and O–H groups in total. The molecule has 0 aliphatic carbocycles. The number of nitrogens with zero attached hydrogens (tertiary/aromatic N) is 3. The number of imide groups is 1. The van der Waals surface area contributed by atoms with Crippen LogP contribution in [0.15, 0.2) is 30.3 Å². The molecule has 1 aromatic carbocycles. The molecule has 6 amide bonds. The summed E-state index contributed by atoms with van der Waals surface area (Å²) in [7, 11) is 0.934. The molecule has 20 nitrogen and oxygen atoms in total. The molecule has 1 aliphatic rings. The Hall–Kier alpha value is -5.34. The fraction of sp³-hybridized carbons (Fsp3) is 0.641. The Morgan fingerprint density at radius 2 is 1.47 bits per heavy atom. The summed E-state index contributed by atoms with van der Waals surface area (Å²) in [5.41, 5.74) is -4.20. The van der Waals surface area contributed by atoms with E-state index in [4.69, 9.17) is 23.8 Å². The number of hydrogen-bond donors (Lipinski definition) is 4. The smallest absolute Gasteiger partial charge is 0.436 e. The van der Waals surface area contributed by atoms with Gasteiger partial charge in [-0.15, -0.1) is 5.01 Å². The molecule has 20 heteroatoms. The fourth-order valence-electron chi connectivity index (χ4n) is 5.35. The number of alkyl carbamates (subject to hydrolysis) is 1. The molecule has 330 valence electrons. The minimum atomic E-state index is -2.32. The molecule has 5 atom stereocenters. The zero-order chi connectivity index (χ0) is 45.0. The summed E-state index contributed by atoms with van der Waals surface area (Å²) in [5, 5.41) is 26.7. The standard InChI is InChI=1S/C39H59N5O15/c1-12-55-34(52)39(22-57-39)33(51)43(36(54)58-37(5,6)7)42(11)32(50)29(24(4)45)44(59-38(8,9)10)31(49)26(18-19-28(46)47)40-30(48)27(20-23(2)3)41-35(53)56-21-25-16-14-13-15-17-25/h13-17,23-24,26-27,29,45H,12,18-22H2,1-11H3,(H,40,48)(H,41,53)(H,46,47)/t24-,26+,27+,29+,39?/m1/s1. The lowest BCUT2D eigenvalue weighted by Gasteiger charge is -2.41. The number of hydrazine groups is 1. The molecule has 0 radical (unpaired) electrons. The molecule has 0 spiro atoms. The highest BCUT2D eigenvalue weighted by Crippen LogP contribution is 2.33. The summed E-state index contributed by atoms with van der Waals surface area (Å²) in [6.45, 7) is 14.2. The van der Waals surface area contributed by atoms with Crippen molar-refractivity contribution in [3.05, 3.63) is 35.9 Å². The van der Waals surface area contributed by atoms with Gasteiger partial charge >= 0.3 is 24.1 Å². The molecule has 1 heterocycles. The number of carboxylic acids is 1. The van der Waals surface area contributed by atoms with Gasteiger partial charge in [0.05, 0.1) is 24.9 Å². The summed E-state index contributed by atoms with van der Waals surface area (Å²) >= 11 is 0. The van der Waals surface area contributed by atoms with Crippen LogP contribution in [0.1, 0.15) is 94.1 Å². The van der Waals surface area contributed by atoms with Crippen molar-refractivity contribution < 1.29 is 72.4 Å². The average Bonchev–Trinajstić information content (AvgIpc) is 3.93. The number of aliphatic hydroxyl groups excluding tert-OH is 1. The summed E-state index contributed by atoms with van der Waals surface area (Å²) in [6.07, 6.45) is -5.41. The summed E-state index contributed by atoms with van der Waals surface area (Å²) < 4.78 is 20.8. The lowest BCUT2D eigenvalue weighted by molar-refractivity contribution is -0.254. The number of ether oxygens (including phenoxy) is 4. The van der Waals surface area contributed by atoms with Crippen molar-refractivity contribution in [1.82, 2.24) is 25.7 Å². The number of carbonyl (C=O) groups is 8. The Balaban J connectivity index is 2.59. The molecule has 1 unspecified atom stereocenters. The highest BCUT2D eigenvalue weighted by atomic mass is 16.7. The monoisotopic (exact) mass is 837 g/mol. The molecular formula is C39H59N5O15. The van der Waals surface area contributed by atoms with Crippen LogP contribution in [-0.4, -0.2) is 134 Å². The van der Waals surface area contributed by atoms with Gasteiger partial charge in [0.1, 0.15) is 24.3 Å². The maximum absolute atomic E-state index is 14.6. The van der Waals surface area contributed by atoms with Crippen LogP contribution >= 0.6 is 0 Å². The Labute approximate surface area is 343 Å². The van der Waals surface area contributed by atoms with Gasteiger partial charge in [-0.25, -0.2) is 24.5 Å². The quantitative estimate of drug-likeness (QED) is 0.0544. The van der Waals surface area contributed by atoms with E-state index in [0.29, 0.717) is 15.6 Å². The SMILES string of the molecule is CCOC(=O)C1(C(=O)N(C(=O)OC(C)(C)C)N(C)C(=O)[C@H]([C@@H](C)O)N(OC(C)(C)C)C(=O)[C@H](CCC(=O)O)NC(=O)[C@H](CC(C)C)NC(=O)OCc2ccccc2)CO1. The van der Waals surface area contributed by atoms with Gasteiger partial charge in [-0.05, 0) is 79.7 Å². The van der Waals surface area contributed by atoms with Crippen LogP contribution in [0.4, 0.5) is 9.59 Å². The Morgan fingerprint density at radius 1 is 0.881 bits per heavy atom. The minimum Gasteiger partial charge on any atom is -0.481 e. The number of epoxide rings is 1. The van der Waals surface area contributed by atoms with Gasteiger partial charge in [0, 0.05) is 13.5 Å². The second-order valence-electron chi connectivity index (χ2n) is 16.2. The minimum absolute atomic E-state index is 0.0550. The second kappa shape index (κ2) is 21.1. The Kier molecular flexibility index (Phi) is 17.8. The van der Waals surface area contributed by atoms with E-state index in [9.17, 15) is 48.6 Å². The molecule has 2 rings (SSSR count). The van der Waals surface area contributed by atoms with Crippen LogP contribution in [0.5, 0.6) is 0 Å². The molecular weight excluding hydrogens is 778 g/mol. The van der Waals surface area contributed by atoms with Crippen LogP contribution in [-0.2, 0) is 59.2 Å². The van der Waals surface area contributed by atoms with Gasteiger partial charge in [-0.3, -0.25) is 28.8 Å². The van der Waals surface area contributed by atoms with Gasteiger partial charge in [0.15, 0.2) is 6.04 Å². The van der Waals surface area contributed by atoms with Crippen molar-refractivity contribution in [2.45, 2.75) is 136 Å². The number of nitrogens with one attached hydrogen (secondary N) is 2. The molecule has 1 fully saturated rings. The van der Waals surface area contributed by atoms with E-state index in [1.54, 1.807) is 44.2 Å². The van der Waals surface area contributed by atoms with Crippen LogP contribution in [0.3, 0.4) is 0 Å². The van der Waals surface area contributed by atoms with Crippen LogP contribution in [0, 0.1) is 5.92 Å². The third-order valence-electron chi connectivity index (χ3n) is 8.10. The van der Waals surface area contributed by atoms with Gasteiger partial charge in [0.25, 0.3) is 23.3 Å². The normalized spacial score (nSPS) is 17.0. The summed E-state index contributed by atoms with van der Waals surface area (Å²) in [4.78, 5) is 114. The van der Waals surface area contributed by atoms with Gasteiger partial charge in [-0.2, -0.15) is 0 Å². The van der Waals surface area contributed by atoms with E-state index in [2.05, 4.69) is 10.6 Å². The predicted molar refractivity (Wildman–Crippen MR) is 206 cm³/mol. The molecule has 1 aliphatic heterocycles. The number of carbonyl (C=O) groups excluding carboxylic acids is 7. The fourth-order valence-corrected chi connectivity index (χ4v) is 5.35. The van der Waals surface area contributed by atoms with Crippen LogP contribution in [0.2, 0.25) is 0 Å². The first-order valence-electron chi connectivity index (χ1n) is 19.1. The summed E-state index contributed by atoms with van der Waals surface area (Å²) in [5.74, 6) is -7.53. The van der Waals surface area contributed by atoms with Crippen molar-refractivity contribution in [2.75, 3.05) is 20.3 Å². The zero-order valence-corrected chi connectivity index (χ0v) is 35.6. The lowest BCUT2D eigenvalue weighted by atomic mass is 10.0. The van der Waals surface area contributed by atoms with Crippen molar-refractivity contribution in [1.29, 1.82) is 0 Å². The van der Waals surface area contributed by atoms with E-state index >= 15 is 0 Å². The lowest BCUT2D eigenvalue weighted by Crippen LogP contribution is -2.65. The molecule has 0 saturated carbocycles. The highest BCUT2D eigenvalue weighted by Gasteiger charge is 2.65. The topological polar surface area (TPSA) is 260 Å². The van der Waals surface area contributed by atoms with E-state index in [0.717, 1.165) is 14.0 Å². The Bertz CT molecular complexity index is 1670. The van der Waals surface area contributed by atoms with Crippen LogP contribution < -0.4 is 10.6 Å². The highest BCUT2D eigenvalue weighted by molar-refractivity contribution is 6.13. The Morgan fingerprint density at radius 3 is 1.95 bits per heavy atom. The maximum Gasteiger partial charge on any atom is 0.436 e. The molecule has 1 saturated heterocycles. The third kappa shape index (κ3) is 15.1. The van der Waals surface area contributed by atoms with E-state index in [1.165, 1.54) is 48.5 Å². The number of amides is 6. The number of esters is 1. The number of aliphatic carboxylic acids is 1. The van der Waals surface area contributed by atoms with Gasteiger partial charge in [-0.1, -0.05) is 44.2 Å². The van der Waals surface area contributed by atoms with E-state index in [1.807, 2.05) is 0 Å². The van der Waals surface area contributed by atoms with Crippen molar-refractivity contribution >= 4 is 47.8 Å². The van der Waals surface area contributed by atoms with Crippen LogP contribution in [0.25, 0.3) is 0 Å². The van der Waals surface area contributed by atoms with E-state index < -0.39 is 108 Å². The van der Waals surface area contributed by atoms with E-state index in [-0.39, 0.29) is 30.6 Å². The van der Waals surface area contributed by atoms with Gasteiger partial charge in [0.2, 0.25) is 5.91 Å². The molecule has 0 bridgehead atoms. The largest absolute Gasteiger partial charge is 0.481 e. The number of likely N-dealkylation sites (N-methyl/N-ethyl adjacent to an activating group) is 1. The first kappa shape index (κ1) is 49.8. The molecule has 59 heavy (non-hydrogen) atoms. The number of carboxylic acid groups (broad SMARTS) is 1. The maximum atomic E-state index is 14.6. The number of hydroxylamine groups is 2. The van der Waals surface area contributed by atoms with Crippen molar-refractivity contribution in [2.24, 2.45) is 5.92 Å². The van der Waals surface area contributed by atoms with Crippen molar-refractivity contribution in [3.8, 4) is 0 Å². The average molecular weight is 838 g/mol. The third-order valence-corrected chi connectivity index (χ3v) is 8.10. The molecule has 1 aromatic rings. The number of hydrogen-bond acceptors (Lipinski definition) is 14. The first-order chi connectivity index (χ1) is 27.2. The number of aliphatic hydroxyl groups is 1. The van der Waals surface area contributed by atoms with Crippen molar-refractivity contribution in [3.63, 3.8) is 0 Å².